The summed E-state index contributed by atoms with van der Waals surface area (Å²) in [7, 11) is 0. The highest BCUT2D eigenvalue weighted by Crippen LogP contribution is 2.03. The fourth-order valence-electron chi connectivity index (χ4n) is 0.868. The maximum absolute atomic E-state index is 9.38. The van der Waals surface area contributed by atoms with E-state index in [1.807, 2.05) is 13.0 Å². The van der Waals surface area contributed by atoms with E-state index in [4.69, 9.17) is 0 Å². The third-order valence-electron chi connectivity index (χ3n) is 1.72. The lowest BCUT2D eigenvalue weighted by molar-refractivity contribution is 0.214. The Morgan fingerprint density at radius 3 is 2.69 bits per heavy atom. The Labute approximate surface area is 80.8 Å². The Hall–Kier alpha value is -1.08. The highest BCUT2D eigenvalue weighted by atomic mass is 16.3. The highest BCUT2D eigenvalue weighted by Gasteiger charge is 1.95. The number of hydrogen-bond donors (Lipinski definition) is 1. The summed E-state index contributed by atoms with van der Waals surface area (Å²) in [6.07, 6.45) is 10.3. The van der Waals surface area contributed by atoms with Crippen LogP contribution in [0.1, 0.15) is 19.8 Å². The molecule has 0 rings (SSSR count). The van der Waals surface area contributed by atoms with Crippen LogP contribution in [-0.4, -0.2) is 11.2 Å². The summed E-state index contributed by atoms with van der Waals surface area (Å²) in [4.78, 5) is 0. The zero-order chi connectivity index (χ0) is 10.1. The van der Waals surface area contributed by atoms with Crippen LogP contribution in [0.5, 0.6) is 0 Å². The molecule has 0 aliphatic heterocycles. The largest absolute Gasteiger partial charge is 0.389 e. The molecule has 0 heterocycles. The van der Waals surface area contributed by atoms with Crippen molar-refractivity contribution in [3.63, 3.8) is 0 Å². The van der Waals surface area contributed by atoms with Crippen molar-refractivity contribution in [2.75, 3.05) is 0 Å². The molecule has 0 saturated carbocycles. The Kier molecular flexibility index (Phi) is 6.93. The summed E-state index contributed by atoms with van der Waals surface area (Å²) >= 11 is 0. The highest BCUT2D eigenvalue weighted by molar-refractivity contribution is 5.12. The lowest BCUT2D eigenvalue weighted by atomic mass is 10.1. The Bertz CT molecular complexity index is 211. The van der Waals surface area contributed by atoms with Crippen molar-refractivity contribution in [1.29, 1.82) is 0 Å². The molecular formula is C12H18O. The van der Waals surface area contributed by atoms with Gasteiger partial charge in [-0.05, 0) is 19.8 Å². The van der Waals surface area contributed by atoms with Gasteiger partial charge in [-0.3, -0.25) is 0 Å². The quantitative estimate of drug-likeness (QED) is 0.620. The SMILES string of the molecule is C=C/C=C/C(O)CC/C=C(\C)C=C. The first-order valence-electron chi connectivity index (χ1n) is 4.47. The van der Waals surface area contributed by atoms with Crippen molar-refractivity contribution in [3.8, 4) is 0 Å². The van der Waals surface area contributed by atoms with Crippen LogP contribution >= 0.6 is 0 Å². The van der Waals surface area contributed by atoms with Crippen LogP contribution in [0.25, 0.3) is 0 Å². The topological polar surface area (TPSA) is 20.2 Å². The molecule has 0 aromatic heterocycles. The molecule has 0 radical (unpaired) electrons. The van der Waals surface area contributed by atoms with E-state index < -0.39 is 0 Å². The van der Waals surface area contributed by atoms with Gasteiger partial charge in [0.15, 0.2) is 0 Å². The first kappa shape index (κ1) is 11.9. The van der Waals surface area contributed by atoms with Gasteiger partial charge in [0.1, 0.15) is 0 Å². The van der Waals surface area contributed by atoms with Gasteiger partial charge in [0, 0.05) is 0 Å². The Morgan fingerprint density at radius 2 is 2.15 bits per heavy atom. The van der Waals surface area contributed by atoms with Gasteiger partial charge in [0.05, 0.1) is 6.10 Å². The van der Waals surface area contributed by atoms with E-state index in [1.54, 1.807) is 18.2 Å². The van der Waals surface area contributed by atoms with Gasteiger partial charge >= 0.3 is 0 Å². The smallest absolute Gasteiger partial charge is 0.0726 e. The van der Waals surface area contributed by atoms with Crippen LogP contribution < -0.4 is 0 Å². The zero-order valence-corrected chi connectivity index (χ0v) is 8.24. The fourth-order valence-corrected chi connectivity index (χ4v) is 0.868. The van der Waals surface area contributed by atoms with E-state index in [0.717, 1.165) is 18.4 Å². The third kappa shape index (κ3) is 7.29. The van der Waals surface area contributed by atoms with Crippen molar-refractivity contribution in [1.82, 2.24) is 0 Å². The van der Waals surface area contributed by atoms with Crippen LogP contribution in [0, 0.1) is 0 Å². The standard InChI is InChI=1S/C12H18O/c1-4-6-9-12(13)10-7-8-11(3)5-2/h4-6,8-9,12-13H,1-2,7,10H2,3H3/b9-6+,11-8+. The van der Waals surface area contributed by atoms with Crippen molar-refractivity contribution in [2.45, 2.75) is 25.9 Å². The van der Waals surface area contributed by atoms with Crippen LogP contribution in [0.15, 0.2) is 49.1 Å². The molecular weight excluding hydrogens is 160 g/mol. The van der Waals surface area contributed by atoms with Gasteiger partial charge in [-0.2, -0.15) is 0 Å². The predicted octanol–water partition coefficient (Wildman–Crippen LogP) is 3.00. The second-order valence-electron chi connectivity index (χ2n) is 2.92. The number of aliphatic hydroxyl groups is 1. The summed E-state index contributed by atoms with van der Waals surface area (Å²) in [5.74, 6) is 0. The molecule has 1 N–H and O–H groups in total. The fraction of sp³-hybridized carbons (Fsp3) is 0.333. The number of hydrogen-bond acceptors (Lipinski definition) is 1. The molecule has 0 aromatic carbocycles. The average Bonchev–Trinajstić information content (AvgIpc) is 2.14. The molecule has 0 aromatic rings. The lowest BCUT2D eigenvalue weighted by Gasteiger charge is -2.01. The van der Waals surface area contributed by atoms with Crippen LogP contribution in [0.4, 0.5) is 0 Å². The molecule has 0 amide bonds. The minimum Gasteiger partial charge on any atom is -0.389 e. The van der Waals surface area contributed by atoms with E-state index in [0.29, 0.717) is 0 Å². The van der Waals surface area contributed by atoms with Crippen molar-refractivity contribution in [3.05, 3.63) is 49.1 Å². The normalized spacial score (nSPS) is 14.5. The summed E-state index contributed by atoms with van der Waals surface area (Å²) < 4.78 is 0. The third-order valence-corrected chi connectivity index (χ3v) is 1.72. The molecule has 0 spiro atoms. The average molecular weight is 178 g/mol. The molecule has 1 nitrogen and oxygen atoms in total. The van der Waals surface area contributed by atoms with E-state index >= 15 is 0 Å². The maximum Gasteiger partial charge on any atom is 0.0726 e. The van der Waals surface area contributed by atoms with Crippen LogP contribution in [0.3, 0.4) is 0 Å². The molecule has 0 aliphatic rings. The summed E-state index contributed by atoms with van der Waals surface area (Å²) in [6.45, 7) is 9.18. The van der Waals surface area contributed by atoms with Crippen LogP contribution in [0.2, 0.25) is 0 Å². The molecule has 0 aliphatic carbocycles. The van der Waals surface area contributed by atoms with Gasteiger partial charge < -0.3 is 5.11 Å². The molecule has 72 valence electrons. The van der Waals surface area contributed by atoms with Gasteiger partial charge in [-0.15, -0.1) is 0 Å². The van der Waals surface area contributed by atoms with Gasteiger partial charge in [0.2, 0.25) is 0 Å². The van der Waals surface area contributed by atoms with E-state index in [-0.39, 0.29) is 6.10 Å². The second kappa shape index (κ2) is 7.56. The Balaban J connectivity index is 3.70. The summed E-state index contributed by atoms with van der Waals surface area (Å²) in [5.41, 5.74) is 1.15. The first-order chi connectivity index (χ1) is 6.20. The van der Waals surface area contributed by atoms with Crippen molar-refractivity contribution < 1.29 is 5.11 Å². The molecule has 13 heavy (non-hydrogen) atoms. The molecule has 0 bridgehead atoms. The lowest BCUT2D eigenvalue weighted by Crippen LogP contribution is -2.00. The zero-order valence-electron chi connectivity index (χ0n) is 8.24. The van der Waals surface area contributed by atoms with E-state index in [9.17, 15) is 5.11 Å². The minimum atomic E-state index is -0.369. The van der Waals surface area contributed by atoms with Gasteiger partial charge in [0.25, 0.3) is 0 Å². The summed E-state index contributed by atoms with van der Waals surface area (Å²) in [6, 6.07) is 0. The minimum absolute atomic E-state index is 0.369. The molecule has 1 unspecified atom stereocenters. The molecule has 1 atom stereocenters. The second-order valence-corrected chi connectivity index (χ2v) is 2.92. The molecule has 0 fully saturated rings. The monoisotopic (exact) mass is 178 g/mol. The van der Waals surface area contributed by atoms with Gasteiger partial charge in [-0.1, -0.05) is 49.1 Å². The maximum atomic E-state index is 9.38. The molecule has 1 heteroatoms. The van der Waals surface area contributed by atoms with Crippen molar-refractivity contribution >= 4 is 0 Å². The van der Waals surface area contributed by atoms with E-state index in [1.165, 1.54) is 0 Å². The van der Waals surface area contributed by atoms with Crippen molar-refractivity contribution in [2.24, 2.45) is 0 Å². The number of allylic oxidation sites excluding steroid dienone is 5. The molecule has 0 saturated heterocycles. The first-order valence-corrected chi connectivity index (χ1v) is 4.47. The Morgan fingerprint density at radius 1 is 1.46 bits per heavy atom. The van der Waals surface area contributed by atoms with Crippen LogP contribution in [-0.2, 0) is 0 Å². The van der Waals surface area contributed by atoms with E-state index in [2.05, 4.69) is 19.2 Å². The van der Waals surface area contributed by atoms with Gasteiger partial charge in [-0.25, -0.2) is 0 Å². The predicted molar refractivity (Wildman–Crippen MR) is 58.5 cm³/mol. The number of aliphatic hydroxyl groups excluding tert-OH is 1. The number of rotatable bonds is 6. The summed E-state index contributed by atoms with van der Waals surface area (Å²) in [5, 5.41) is 9.38.